The molecule has 19 heavy (non-hydrogen) atoms. The van der Waals surface area contributed by atoms with Crippen LogP contribution in [0.5, 0.6) is 5.75 Å². The van der Waals surface area contributed by atoms with Crippen molar-refractivity contribution in [3.8, 4) is 5.75 Å². The van der Waals surface area contributed by atoms with Crippen molar-refractivity contribution in [2.24, 2.45) is 5.92 Å². The van der Waals surface area contributed by atoms with Crippen molar-refractivity contribution in [3.05, 3.63) is 28.8 Å². The molecule has 0 radical (unpaired) electrons. The topological polar surface area (TPSA) is 21.3 Å². The predicted molar refractivity (Wildman–Crippen MR) is 83.1 cm³/mol. The summed E-state index contributed by atoms with van der Waals surface area (Å²) in [4.78, 5) is 0. The third-order valence-corrected chi connectivity index (χ3v) is 3.90. The summed E-state index contributed by atoms with van der Waals surface area (Å²) in [6, 6.07) is 6.27. The molecule has 0 aliphatic rings. The first-order valence-electron chi connectivity index (χ1n) is 7.24. The minimum atomic E-state index is 0.335. The molecule has 3 heteroatoms. The van der Waals surface area contributed by atoms with Crippen LogP contribution in [0.2, 0.25) is 5.02 Å². The van der Waals surface area contributed by atoms with Crippen LogP contribution in [0, 0.1) is 5.92 Å². The van der Waals surface area contributed by atoms with E-state index in [0.717, 1.165) is 36.6 Å². The lowest BCUT2D eigenvalue weighted by Gasteiger charge is -2.28. The van der Waals surface area contributed by atoms with Gasteiger partial charge in [0.25, 0.3) is 0 Å². The van der Waals surface area contributed by atoms with Gasteiger partial charge in [0.1, 0.15) is 5.75 Å². The van der Waals surface area contributed by atoms with Gasteiger partial charge in [-0.1, -0.05) is 51.3 Å². The van der Waals surface area contributed by atoms with E-state index in [4.69, 9.17) is 16.3 Å². The first kappa shape index (κ1) is 16.3. The molecule has 0 aromatic heterocycles. The molecule has 0 spiro atoms. The van der Waals surface area contributed by atoms with Gasteiger partial charge in [-0.25, -0.2) is 0 Å². The summed E-state index contributed by atoms with van der Waals surface area (Å²) >= 11 is 6.05. The van der Waals surface area contributed by atoms with Crippen LogP contribution >= 0.6 is 11.6 Å². The Hall–Kier alpha value is -0.730. The highest BCUT2D eigenvalue weighted by Gasteiger charge is 2.22. The van der Waals surface area contributed by atoms with E-state index in [-0.39, 0.29) is 0 Å². The fourth-order valence-electron chi connectivity index (χ4n) is 2.53. The molecule has 1 atom stereocenters. The van der Waals surface area contributed by atoms with Crippen molar-refractivity contribution in [1.82, 2.24) is 5.32 Å². The Morgan fingerprint density at radius 3 is 2.42 bits per heavy atom. The molecule has 1 rings (SSSR count). The summed E-state index contributed by atoms with van der Waals surface area (Å²) in [7, 11) is 1.71. The van der Waals surface area contributed by atoms with Gasteiger partial charge in [-0.2, -0.15) is 0 Å². The standard InChI is InChI=1S/C16H26ClNO/c1-5-10-18-16(12(6-2)7-3)14-9-8-13(17)11-15(14)19-4/h8-9,11-12,16,18H,5-7,10H2,1-4H3. The number of hydrogen-bond donors (Lipinski definition) is 1. The van der Waals surface area contributed by atoms with Crippen molar-refractivity contribution < 1.29 is 4.74 Å². The van der Waals surface area contributed by atoms with E-state index >= 15 is 0 Å². The maximum Gasteiger partial charge on any atom is 0.125 e. The van der Waals surface area contributed by atoms with E-state index in [1.807, 2.05) is 12.1 Å². The summed E-state index contributed by atoms with van der Waals surface area (Å²) in [5, 5.41) is 4.38. The first-order valence-corrected chi connectivity index (χ1v) is 7.62. The minimum absolute atomic E-state index is 0.335. The largest absolute Gasteiger partial charge is 0.496 e. The third-order valence-electron chi connectivity index (χ3n) is 3.66. The molecule has 0 amide bonds. The fraction of sp³-hybridized carbons (Fsp3) is 0.625. The molecule has 0 bridgehead atoms. The van der Waals surface area contributed by atoms with Crippen LogP contribution in [0.15, 0.2) is 18.2 Å². The average Bonchev–Trinajstić information content (AvgIpc) is 2.43. The highest BCUT2D eigenvalue weighted by Crippen LogP contribution is 2.34. The van der Waals surface area contributed by atoms with Crippen LogP contribution < -0.4 is 10.1 Å². The Morgan fingerprint density at radius 2 is 1.89 bits per heavy atom. The molecule has 1 unspecified atom stereocenters. The van der Waals surface area contributed by atoms with Gasteiger partial charge in [-0.3, -0.25) is 0 Å². The lowest BCUT2D eigenvalue weighted by atomic mass is 9.88. The smallest absolute Gasteiger partial charge is 0.125 e. The lowest BCUT2D eigenvalue weighted by molar-refractivity contribution is 0.326. The predicted octanol–water partition coefficient (Wildman–Crippen LogP) is 4.83. The van der Waals surface area contributed by atoms with Crippen molar-refractivity contribution in [1.29, 1.82) is 0 Å². The van der Waals surface area contributed by atoms with Crippen molar-refractivity contribution in [2.45, 2.75) is 46.1 Å². The van der Waals surface area contributed by atoms with Crippen LogP contribution in [0.4, 0.5) is 0 Å². The van der Waals surface area contributed by atoms with Gasteiger partial charge in [-0.05, 0) is 31.0 Å². The molecule has 1 aromatic rings. The molecule has 0 aliphatic heterocycles. The normalized spacial score (nSPS) is 12.7. The summed E-state index contributed by atoms with van der Waals surface area (Å²) in [6.45, 7) is 7.71. The molecule has 0 fully saturated rings. The lowest BCUT2D eigenvalue weighted by Crippen LogP contribution is -2.29. The van der Waals surface area contributed by atoms with E-state index in [2.05, 4.69) is 32.2 Å². The number of halogens is 1. The molecular formula is C16H26ClNO. The van der Waals surface area contributed by atoms with Crippen molar-refractivity contribution in [3.63, 3.8) is 0 Å². The van der Waals surface area contributed by atoms with Gasteiger partial charge < -0.3 is 10.1 Å². The van der Waals surface area contributed by atoms with Crippen molar-refractivity contribution in [2.75, 3.05) is 13.7 Å². The maximum absolute atomic E-state index is 6.05. The monoisotopic (exact) mass is 283 g/mol. The molecule has 0 saturated carbocycles. The quantitative estimate of drug-likeness (QED) is 0.738. The van der Waals surface area contributed by atoms with Gasteiger partial charge in [0, 0.05) is 16.6 Å². The molecule has 2 nitrogen and oxygen atoms in total. The van der Waals surface area contributed by atoms with E-state index in [9.17, 15) is 0 Å². The second-order valence-corrected chi connectivity index (χ2v) is 5.33. The van der Waals surface area contributed by atoms with Crippen LogP contribution in [0.25, 0.3) is 0 Å². The third kappa shape index (κ3) is 4.39. The number of nitrogens with one attached hydrogen (secondary N) is 1. The minimum Gasteiger partial charge on any atom is -0.496 e. The molecule has 1 aromatic carbocycles. The molecule has 0 aliphatic carbocycles. The van der Waals surface area contributed by atoms with Crippen molar-refractivity contribution >= 4 is 11.6 Å². The van der Waals surface area contributed by atoms with Crippen LogP contribution in [0.1, 0.15) is 51.6 Å². The molecule has 0 heterocycles. The molecular weight excluding hydrogens is 258 g/mol. The molecule has 1 N–H and O–H groups in total. The number of rotatable bonds is 8. The molecule has 108 valence electrons. The van der Waals surface area contributed by atoms with Gasteiger partial charge in [0.15, 0.2) is 0 Å². The number of ether oxygens (including phenoxy) is 1. The first-order chi connectivity index (χ1) is 9.17. The Labute approximate surface area is 122 Å². The zero-order chi connectivity index (χ0) is 14.3. The Bertz CT molecular complexity index is 377. The van der Waals surface area contributed by atoms with E-state index in [1.165, 1.54) is 5.56 Å². The van der Waals surface area contributed by atoms with Crippen LogP contribution in [0.3, 0.4) is 0 Å². The Kier molecular flexibility index (Phi) is 7.25. The molecule has 0 saturated heterocycles. The number of hydrogen-bond acceptors (Lipinski definition) is 2. The summed E-state index contributed by atoms with van der Waals surface area (Å²) in [5.41, 5.74) is 1.22. The van der Waals surface area contributed by atoms with Gasteiger partial charge >= 0.3 is 0 Å². The zero-order valence-corrected chi connectivity index (χ0v) is 13.3. The Morgan fingerprint density at radius 1 is 1.21 bits per heavy atom. The second-order valence-electron chi connectivity index (χ2n) is 4.89. The van der Waals surface area contributed by atoms with Gasteiger partial charge in [0.05, 0.1) is 7.11 Å². The van der Waals surface area contributed by atoms with Gasteiger partial charge in [-0.15, -0.1) is 0 Å². The fourth-order valence-corrected chi connectivity index (χ4v) is 2.69. The highest BCUT2D eigenvalue weighted by atomic mass is 35.5. The highest BCUT2D eigenvalue weighted by molar-refractivity contribution is 6.30. The van der Waals surface area contributed by atoms with Crippen LogP contribution in [-0.4, -0.2) is 13.7 Å². The maximum atomic E-state index is 6.05. The second kappa shape index (κ2) is 8.44. The summed E-state index contributed by atoms with van der Waals surface area (Å²) < 4.78 is 5.50. The average molecular weight is 284 g/mol. The SMILES string of the molecule is CCCNC(c1ccc(Cl)cc1OC)C(CC)CC. The zero-order valence-electron chi connectivity index (χ0n) is 12.5. The Balaban J connectivity index is 3.08. The summed E-state index contributed by atoms with van der Waals surface area (Å²) in [6.07, 6.45) is 3.44. The van der Waals surface area contributed by atoms with E-state index < -0.39 is 0 Å². The number of benzene rings is 1. The van der Waals surface area contributed by atoms with Crippen LogP contribution in [-0.2, 0) is 0 Å². The van der Waals surface area contributed by atoms with E-state index in [1.54, 1.807) is 7.11 Å². The number of methoxy groups -OCH3 is 1. The van der Waals surface area contributed by atoms with E-state index in [0.29, 0.717) is 12.0 Å². The summed E-state index contributed by atoms with van der Waals surface area (Å²) in [5.74, 6) is 1.50. The van der Waals surface area contributed by atoms with Gasteiger partial charge in [0.2, 0.25) is 0 Å².